The van der Waals surface area contributed by atoms with Crippen molar-refractivity contribution < 1.29 is 9.59 Å². The molecule has 4 atom stereocenters. The molecule has 2 saturated carbocycles. The van der Waals surface area contributed by atoms with Crippen LogP contribution in [0, 0.1) is 17.8 Å². The Morgan fingerprint density at radius 1 is 0.885 bits per heavy atom. The van der Waals surface area contributed by atoms with Gasteiger partial charge in [-0.2, -0.15) is 0 Å². The maximum absolute atomic E-state index is 12.7. The molecular weight excluding hydrogens is 326 g/mol. The zero-order chi connectivity index (χ0) is 18.1. The van der Waals surface area contributed by atoms with E-state index in [2.05, 4.69) is 21.6 Å². The predicted molar refractivity (Wildman–Crippen MR) is 102 cm³/mol. The fraction of sp³-hybridized carbons (Fsp3) is 0.905. The first-order valence-corrected chi connectivity index (χ1v) is 10.9. The summed E-state index contributed by atoms with van der Waals surface area (Å²) in [5, 5.41) is 0. The Bertz CT molecular complexity index is 529. The number of hydrogen-bond donors (Lipinski definition) is 0. The summed E-state index contributed by atoms with van der Waals surface area (Å²) < 4.78 is 0. The van der Waals surface area contributed by atoms with Crippen LogP contribution in [0.25, 0.3) is 0 Å². The molecule has 0 aromatic rings. The van der Waals surface area contributed by atoms with Gasteiger partial charge in [0.25, 0.3) is 0 Å². The zero-order valence-electron chi connectivity index (χ0n) is 16.4. The maximum Gasteiger partial charge on any atom is 0.236 e. The average Bonchev–Trinajstić information content (AvgIpc) is 3.25. The third-order valence-electron chi connectivity index (χ3n) is 7.53. The molecule has 4 aliphatic rings. The summed E-state index contributed by atoms with van der Waals surface area (Å²) in [4.78, 5) is 31.6. The molecule has 2 amide bonds. The molecule has 0 unspecified atom stereocenters. The minimum Gasteiger partial charge on any atom is -0.340 e. The molecule has 5 heteroatoms. The topological polar surface area (TPSA) is 43.9 Å². The minimum absolute atomic E-state index is 0.277. The Balaban J connectivity index is 1.20. The number of amides is 2. The van der Waals surface area contributed by atoms with Crippen LogP contribution in [0.3, 0.4) is 0 Å². The Morgan fingerprint density at radius 3 is 2.35 bits per heavy atom. The predicted octanol–water partition coefficient (Wildman–Crippen LogP) is 2.36. The smallest absolute Gasteiger partial charge is 0.236 e. The molecule has 2 aliphatic carbocycles. The number of hydrogen-bond acceptors (Lipinski definition) is 3. The van der Waals surface area contributed by atoms with E-state index in [9.17, 15) is 9.59 Å². The van der Waals surface area contributed by atoms with Crippen molar-refractivity contribution in [2.45, 2.75) is 64.3 Å². The van der Waals surface area contributed by atoms with Crippen molar-refractivity contribution in [3.05, 3.63) is 0 Å². The standard InChI is InChI=1S/C21H35N3O2/c1-16-4-2-3-7-24(16)21(26)15-22-8-10-23(11-9-22)20(25)14-19-13-17-5-6-18(19)12-17/h16-19H,2-15H2,1H3/t16-,17-,18-,19-/m0/s1. The second kappa shape index (κ2) is 7.87. The lowest BCUT2D eigenvalue weighted by Gasteiger charge is -2.38. The van der Waals surface area contributed by atoms with E-state index in [1.165, 1.54) is 32.1 Å². The van der Waals surface area contributed by atoms with Gasteiger partial charge in [0.1, 0.15) is 0 Å². The highest BCUT2D eigenvalue weighted by Crippen LogP contribution is 2.49. The van der Waals surface area contributed by atoms with Gasteiger partial charge in [-0.15, -0.1) is 0 Å². The van der Waals surface area contributed by atoms with E-state index in [1.54, 1.807) is 0 Å². The molecule has 4 fully saturated rings. The molecule has 2 heterocycles. The van der Waals surface area contributed by atoms with Crippen LogP contribution in [0.15, 0.2) is 0 Å². The van der Waals surface area contributed by atoms with E-state index in [0.717, 1.165) is 63.8 Å². The lowest BCUT2D eigenvalue weighted by molar-refractivity contribution is -0.137. The van der Waals surface area contributed by atoms with Crippen LogP contribution >= 0.6 is 0 Å². The molecule has 4 rings (SSSR count). The zero-order valence-corrected chi connectivity index (χ0v) is 16.4. The van der Waals surface area contributed by atoms with Gasteiger partial charge in [0, 0.05) is 45.2 Å². The molecule has 5 nitrogen and oxygen atoms in total. The summed E-state index contributed by atoms with van der Waals surface area (Å²) in [7, 11) is 0. The van der Waals surface area contributed by atoms with Gasteiger partial charge in [0.2, 0.25) is 11.8 Å². The molecule has 0 spiro atoms. The number of nitrogens with zero attached hydrogens (tertiary/aromatic N) is 3. The Labute approximate surface area is 158 Å². The highest BCUT2D eigenvalue weighted by Gasteiger charge is 2.40. The van der Waals surface area contributed by atoms with E-state index < -0.39 is 0 Å². The van der Waals surface area contributed by atoms with Crippen LogP contribution < -0.4 is 0 Å². The molecule has 0 N–H and O–H groups in total. The third-order valence-corrected chi connectivity index (χ3v) is 7.53. The summed E-state index contributed by atoms with van der Waals surface area (Å²) in [5.74, 6) is 3.03. The van der Waals surface area contributed by atoms with Gasteiger partial charge in [0.15, 0.2) is 0 Å². The van der Waals surface area contributed by atoms with Crippen molar-refractivity contribution >= 4 is 11.8 Å². The Morgan fingerprint density at radius 2 is 1.69 bits per heavy atom. The molecule has 0 radical (unpaired) electrons. The summed E-state index contributed by atoms with van der Waals surface area (Å²) >= 11 is 0. The van der Waals surface area contributed by atoms with Crippen molar-refractivity contribution in [1.82, 2.24) is 14.7 Å². The van der Waals surface area contributed by atoms with E-state index in [4.69, 9.17) is 0 Å². The average molecular weight is 362 g/mol. The number of carbonyl (C=O) groups is 2. The van der Waals surface area contributed by atoms with Crippen molar-refractivity contribution in [3.8, 4) is 0 Å². The van der Waals surface area contributed by atoms with Crippen LogP contribution in [0.5, 0.6) is 0 Å². The fourth-order valence-corrected chi connectivity index (χ4v) is 5.89. The maximum atomic E-state index is 12.7. The lowest BCUT2D eigenvalue weighted by atomic mass is 9.86. The van der Waals surface area contributed by atoms with E-state index in [-0.39, 0.29) is 5.91 Å². The van der Waals surface area contributed by atoms with Gasteiger partial charge in [0.05, 0.1) is 6.54 Å². The van der Waals surface area contributed by atoms with Crippen molar-refractivity contribution in [3.63, 3.8) is 0 Å². The lowest BCUT2D eigenvalue weighted by Crippen LogP contribution is -2.53. The Kier molecular flexibility index (Phi) is 5.53. The SMILES string of the molecule is C[C@H]1CCCCN1C(=O)CN1CCN(C(=O)C[C@@H]2C[C@H]3CC[C@H]2C3)CC1. The highest BCUT2D eigenvalue weighted by atomic mass is 16.2. The normalized spacial score (nSPS) is 35.1. The van der Waals surface area contributed by atoms with Crippen LogP contribution in [-0.4, -0.2) is 71.8 Å². The highest BCUT2D eigenvalue weighted by molar-refractivity contribution is 5.79. The molecule has 26 heavy (non-hydrogen) atoms. The van der Waals surface area contributed by atoms with Crippen molar-refractivity contribution in [2.24, 2.45) is 17.8 Å². The summed E-state index contributed by atoms with van der Waals surface area (Å²) in [6, 6.07) is 0.390. The van der Waals surface area contributed by atoms with E-state index >= 15 is 0 Å². The van der Waals surface area contributed by atoms with E-state index in [0.29, 0.717) is 24.4 Å². The molecule has 0 aromatic carbocycles. The summed E-state index contributed by atoms with van der Waals surface area (Å²) in [6.45, 7) is 6.89. The third kappa shape index (κ3) is 3.92. The van der Waals surface area contributed by atoms with E-state index in [1.807, 2.05) is 0 Å². The first-order chi connectivity index (χ1) is 12.6. The van der Waals surface area contributed by atoms with Crippen LogP contribution in [0.1, 0.15) is 58.3 Å². The quantitative estimate of drug-likeness (QED) is 0.772. The number of likely N-dealkylation sites (tertiary alicyclic amines) is 1. The second-order valence-corrected chi connectivity index (χ2v) is 9.23. The number of fused-ring (bicyclic) bond motifs is 2. The summed E-state index contributed by atoms with van der Waals surface area (Å²) in [5.41, 5.74) is 0. The van der Waals surface area contributed by atoms with Gasteiger partial charge in [-0.25, -0.2) is 0 Å². The second-order valence-electron chi connectivity index (χ2n) is 9.23. The monoisotopic (exact) mass is 361 g/mol. The molecule has 146 valence electrons. The molecule has 2 saturated heterocycles. The van der Waals surface area contributed by atoms with Crippen LogP contribution in [-0.2, 0) is 9.59 Å². The molecule has 2 aliphatic heterocycles. The molecular formula is C21H35N3O2. The van der Waals surface area contributed by atoms with Gasteiger partial charge >= 0.3 is 0 Å². The van der Waals surface area contributed by atoms with Crippen LogP contribution in [0.2, 0.25) is 0 Å². The van der Waals surface area contributed by atoms with Crippen molar-refractivity contribution in [1.29, 1.82) is 0 Å². The number of carbonyl (C=O) groups excluding carboxylic acids is 2. The Hall–Kier alpha value is -1.10. The van der Waals surface area contributed by atoms with Crippen molar-refractivity contribution in [2.75, 3.05) is 39.3 Å². The van der Waals surface area contributed by atoms with Crippen LogP contribution in [0.4, 0.5) is 0 Å². The number of piperidine rings is 1. The van der Waals surface area contributed by atoms with Gasteiger partial charge < -0.3 is 9.80 Å². The largest absolute Gasteiger partial charge is 0.340 e. The fourth-order valence-electron chi connectivity index (χ4n) is 5.89. The summed E-state index contributed by atoms with van der Waals surface area (Å²) in [6.07, 6.45) is 9.71. The first-order valence-electron chi connectivity index (χ1n) is 10.9. The molecule has 0 aromatic heterocycles. The number of rotatable bonds is 4. The van der Waals surface area contributed by atoms with Gasteiger partial charge in [-0.1, -0.05) is 6.42 Å². The minimum atomic E-state index is 0.277. The van der Waals surface area contributed by atoms with Gasteiger partial charge in [-0.05, 0) is 63.2 Å². The first kappa shape index (κ1) is 18.3. The molecule has 2 bridgehead atoms. The number of piperazine rings is 1. The van der Waals surface area contributed by atoms with Gasteiger partial charge in [-0.3, -0.25) is 14.5 Å².